The molecule has 15 heavy (non-hydrogen) atoms. The lowest BCUT2D eigenvalue weighted by molar-refractivity contribution is -0.120. The Bertz CT molecular complexity index is 405. The lowest BCUT2D eigenvalue weighted by atomic mass is 10.1. The molecule has 0 atom stereocenters. The molecule has 1 rings (SSSR count). The molecular formula is C10H11N3O2. The van der Waals surface area contributed by atoms with Crippen LogP contribution in [0.25, 0.3) is 6.08 Å². The van der Waals surface area contributed by atoms with E-state index in [4.69, 9.17) is 17.2 Å². The van der Waals surface area contributed by atoms with E-state index in [1.54, 1.807) is 24.3 Å². The second-order valence-electron chi connectivity index (χ2n) is 2.95. The second-order valence-corrected chi connectivity index (χ2v) is 2.95. The van der Waals surface area contributed by atoms with Gasteiger partial charge in [0.25, 0.3) is 11.8 Å². The summed E-state index contributed by atoms with van der Waals surface area (Å²) in [6, 6.07) is 6.60. The molecule has 0 bridgehead atoms. The van der Waals surface area contributed by atoms with E-state index in [1.165, 1.54) is 6.08 Å². The highest BCUT2D eigenvalue weighted by Crippen LogP contribution is 2.09. The van der Waals surface area contributed by atoms with E-state index in [-0.39, 0.29) is 5.57 Å². The average molecular weight is 205 g/mol. The number of nitrogen functional groups attached to an aromatic ring is 1. The van der Waals surface area contributed by atoms with Crippen molar-refractivity contribution >= 4 is 23.6 Å². The summed E-state index contributed by atoms with van der Waals surface area (Å²) in [6.45, 7) is 0. The first-order valence-corrected chi connectivity index (χ1v) is 4.17. The molecule has 0 aliphatic carbocycles. The number of hydrogen-bond donors (Lipinski definition) is 3. The van der Waals surface area contributed by atoms with Crippen molar-refractivity contribution < 1.29 is 9.59 Å². The molecule has 0 saturated carbocycles. The fourth-order valence-corrected chi connectivity index (χ4v) is 1.02. The molecule has 0 aliphatic heterocycles. The van der Waals surface area contributed by atoms with Gasteiger partial charge in [0.1, 0.15) is 5.57 Å². The van der Waals surface area contributed by atoms with Gasteiger partial charge in [-0.15, -0.1) is 0 Å². The molecule has 0 saturated heterocycles. The summed E-state index contributed by atoms with van der Waals surface area (Å²) in [6.07, 6.45) is 1.32. The maximum Gasteiger partial charge on any atom is 0.254 e. The average Bonchev–Trinajstić information content (AvgIpc) is 2.15. The minimum atomic E-state index is -0.848. The van der Waals surface area contributed by atoms with Gasteiger partial charge in [-0.3, -0.25) is 9.59 Å². The molecule has 0 fully saturated rings. The molecular weight excluding hydrogens is 194 g/mol. The summed E-state index contributed by atoms with van der Waals surface area (Å²) < 4.78 is 0. The van der Waals surface area contributed by atoms with Gasteiger partial charge in [0.2, 0.25) is 0 Å². The van der Waals surface area contributed by atoms with Crippen LogP contribution in [-0.4, -0.2) is 11.8 Å². The summed E-state index contributed by atoms with van der Waals surface area (Å²) in [7, 11) is 0. The van der Waals surface area contributed by atoms with Crippen LogP contribution in [0.2, 0.25) is 0 Å². The molecule has 0 radical (unpaired) electrons. The molecule has 0 aliphatic rings. The van der Waals surface area contributed by atoms with Crippen LogP contribution in [-0.2, 0) is 9.59 Å². The smallest absolute Gasteiger partial charge is 0.254 e. The normalized spacial score (nSPS) is 9.33. The van der Waals surface area contributed by atoms with Crippen molar-refractivity contribution in [3.8, 4) is 0 Å². The summed E-state index contributed by atoms with van der Waals surface area (Å²) >= 11 is 0. The van der Waals surface area contributed by atoms with Crippen molar-refractivity contribution in [2.45, 2.75) is 0 Å². The Morgan fingerprint density at radius 3 is 1.87 bits per heavy atom. The topological polar surface area (TPSA) is 112 Å². The zero-order valence-corrected chi connectivity index (χ0v) is 7.94. The fourth-order valence-electron chi connectivity index (χ4n) is 1.02. The van der Waals surface area contributed by atoms with Gasteiger partial charge in [0.05, 0.1) is 0 Å². The molecule has 0 spiro atoms. The summed E-state index contributed by atoms with van der Waals surface area (Å²) in [5.41, 5.74) is 16.4. The number of hydrogen-bond acceptors (Lipinski definition) is 3. The van der Waals surface area contributed by atoms with Gasteiger partial charge >= 0.3 is 0 Å². The molecule has 2 amide bonds. The highest BCUT2D eigenvalue weighted by atomic mass is 16.2. The highest BCUT2D eigenvalue weighted by molar-refractivity contribution is 6.20. The Morgan fingerprint density at radius 1 is 1.00 bits per heavy atom. The van der Waals surface area contributed by atoms with Crippen LogP contribution >= 0.6 is 0 Å². The van der Waals surface area contributed by atoms with Gasteiger partial charge in [-0.1, -0.05) is 12.1 Å². The number of nitrogens with two attached hydrogens (primary N) is 3. The van der Waals surface area contributed by atoms with Crippen molar-refractivity contribution in [1.82, 2.24) is 0 Å². The summed E-state index contributed by atoms with van der Waals surface area (Å²) in [5.74, 6) is -1.70. The third-order valence-corrected chi connectivity index (χ3v) is 1.78. The lowest BCUT2D eigenvalue weighted by Crippen LogP contribution is -2.25. The number of amides is 2. The van der Waals surface area contributed by atoms with Crippen molar-refractivity contribution in [3.05, 3.63) is 35.4 Å². The van der Waals surface area contributed by atoms with Crippen LogP contribution in [0.1, 0.15) is 5.56 Å². The first-order chi connectivity index (χ1) is 7.00. The van der Waals surface area contributed by atoms with Gasteiger partial charge < -0.3 is 17.2 Å². The van der Waals surface area contributed by atoms with Crippen LogP contribution in [0, 0.1) is 0 Å². The number of anilines is 1. The largest absolute Gasteiger partial charge is 0.399 e. The van der Waals surface area contributed by atoms with Crippen molar-refractivity contribution in [2.75, 3.05) is 5.73 Å². The number of rotatable bonds is 3. The minimum Gasteiger partial charge on any atom is -0.399 e. The standard InChI is InChI=1S/C10H11N3O2/c11-7-3-1-6(2-4-7)5-8(9(12)14)10(13)15/h1-5H,11H2,(H2,12,14)(H2,13,15). The van der Waals surface area contributed by atoms with E-state index >= 15 is 0 Å². The molecule has 1 aromatic rings. The fraction of sp³-hybridized carbons (Fsp3) is 0. The van der Waals surface area contributed by atoms with Crippen LogP contribution < -0.4 is 17.2 Å². The predicted octanol–water partition coefficient (Wildman–Crippen LogP) is -0.377. The van der Waals surface area contributed by atoms with E-state index in [0.29, 0.717) is 11.3 Å². The molecule has 78 valence electrons. The first-order valence-electron chi connectivity index (χ1n) is 4.17. The zero-order valence-electron chi connectivity index (χ0n) is 7.94. The predicted molar refractivity (Wildman–Crippen MR) is 57.2 cm³/mol. The Labute approximate surface area is 86.5 Å². The Hall–Kier alpha value is -2.30. The molecule has 0 aromatic heterocycles. The highest BCUT2D eigenvalue weighted by Gasteiger charge is 2.10. The van der Waals surface area contributed by atoms with E-state index in [9.17, 15) is 9.59 Å². The number of carbonyl (C=O) groups is 2. The third-order valence-electron chi connectivity index (χ3n) is 1.78. The molecule has 6 N–H and O–H groups in total. The Kier molecular flexibility index (Phi) is 3.07. The Morgan fingerprint density at radius 2 is 1.47 bits per heavy atom. The molecule has 5 heteroatoms. The number of primary amides is 2. The number of carbonyl (C=O) groups excluding carboxylic acids is 2. The van der Waals surface area contributed by atoms with E-state index in [1.807, 2.05) is 0 Å². The van der Waals surface area contributed by atoms with Gasteiger partial charge in [0, 0.05) is 5.69 Å². The van der Waals surface area contributed by atoms with Crippen molar-refractivity contribution in [3.63, 3.8) is 0 Å². The maximum absolute atomic E-state index is 10.8. The van der Waals surface area contributed by atoms with Gasteiger partial charge in [-0.2, -0.15) is 0 Å². The van der Waals surface area contributed by atoms with E-state index in [2.05, 4.69) is 0 Å². The summed E-state index contributed by atoms with van der Waals surface area (Å²) in [5, 5.41) is 0. The van der Waals surface area contributed by atoms with Gasteiger partial charge in [-0.25, -0.2) is 0 Å². The quantitative estimate of drug-likeness (QED) is 0.270. The van der Waals surface area contributed by atoms with Crippen LogP contribution in [0.5, 0.6) is 0 Å². The van der Waals surface area contributed by atoms with Gasteiger partial charge in [-0.05, 0) is 23.8 Å². The summed E-state index contributed by atoms with van der Waals surface area (Å²) in [4.78, 5) is 21.7. The van der Waals surface area contributed by atoms with Crippen molar-refractivity contribution in [2.24, 2.45) is 11.5 Å². The molecule has 0 unspecified atom stereocenters. The second kappa shape index (κ2) is 4.28. The van der Waals surface area contributed by atoms with Crippen LogP contribution in [0.3, 0.4) is 0 Å². The SMILES string of the molecule is NC(=O)C(=Cc1ccc(N)cc1)C(N)=O. The lowest BCUT2D eigenvalue weighted by Gasteiger charge is -1.99. The number of benzene rings is 1. The van der Waals surface area contributed by atoms with Gasteiger partial charge in [0.15, 0.2) is 0 Å². The third kappa shape index (κ3) is 2.84. The van der Waals surface area contributed by atoms with Crippen LogP contribution in [0.15, 0.2) is 29.8 Å². The Balaban J connectivity index is 3.08. The van der Waals surface area contributed by atoms with Crippen molar-refractivity contribution in [1.29, 1.82) is 0 Å². The van der Waals surface area contributed by atoms with E-state index < -0.39 is 11.8 Å². The first kappa shape index (κ1) is 10.8. The monoisotopic (exact) mass is 205 g/mol. The van der Waals surface area contributed by atoms with E-state index in [0.717, 1.165) is 0 Å². The molecule has 0 heterocycles. The minimum absolute atomic E-state index is 0.236. The zero-order chi connectivity index (χ0) is 11.4. The molecule has 5 nitrogen and oxygen atoms in total. The van der Waals surface area contributed by atoms with Crippen LogP contribution in [0.4, 0.5) is 5.69 Å². The maximum atomic E-state index is 10.8. The molecule has 1 aromatic carbocycles.